The Balaban J connectivity index is 2.64. The lowest BCUT2D eigenvalue weighted by atomic mass is 9.95. The number of amides is 3. The fourth-order valence-electron chi connectivity index (χ4n) is 4.53. The highest BCUT2D eigenvalue weighted by atomic mass is 16.6. The van der Waals surface area contributed by atoms with Crippen LogP contribution in [0.3, 0.4) is 0 Å². The molecule has 2 rings (SSSR count). The van der Waals surface area contributed by atoms with Crippen LogP contribution in [0, 0.1) is 12.8 Å². The molecule has 10 heteroatoms. The Morgan fingerprint density at radius 1 is 0.930 bits per heavy atom. The van der Waals surface area contributed by atoms with Crippen molar-refractivity contribution in [1.82, 2.24) is 15.5 Å². The lowest BCUT2D eigenvalue weighted by molar-refractivity contribution is -0.146. The van der Waals surface area contributed by atoms with Crippen molar-refractivity contribution >= 4 is 23.9 Å². The zero-order valence-corrected chi connectivity index (χ0v) is 26.6. The number of nitrogens with one attached hydrogen (secondary N) is 2. The van der Waals surface area contributed by atoms with Gasteiger partial charge in [-0.2, -0.15) is 0 Å². The summed E-state index contributed by atoms with van der Waals surface area (Å²) in [6.45, 7) is 12.8. The maximum atomic E-state index is 14.6. The van der Waals surface area contributed by atoms with Crippen molar-refractivity contribution in [1.29, 1.82) is 0 Å². The predicted molar refractivity (Wildman–Crippen MR) is 164 cm³/mol. The lowest BCUT2D eigenvalue weighted by Crippen LogP contribution is -2.56. The third-order valence-corrected chi connectivity index (χ3v) is 6.81. The second kappa shape index (κ2) is 16.0. The third kappa shape index (κ3) is 11.6. The summed E-state index contributed by atoms with van der Waals surface area (Å²) in [5, 5.41) is 15.1. The maximum Gasteiger partial charge on any atom is 0.408 e. The van der Waals surface area contributed by atoms with Crippen LogP contribution in [0.5, 0.6) is 5.75 Å². The van der Waals surface area contributed by atoms with Gasteiger partial charge in [0.05, 0.1) is 7.11 Å². The van der Waals surface area contributed by atoms with E-state index in [0.717, 1.165) is 12.0 Å². The molecule has 0 aliphatic rings. The Morgan fingerprint density at radius 3 is 2.07 bits per heavy atom. The van der Waals surface area contributed by atoms with E-state index in [2.05, 4.69) is 24.5 Å². The summed E-state index contributed by atoms with van der Waals surface area (Å²) >= 11 is 0. The van der Waals surface area contributed by atoms with Crippen LogP contribution in [0.2, 0.25) is 0 Å². The second-order valence-corrected chi connectivity index (χ2v) is 12.2. The summed E-state index contributed by atoms with van der Waals surface area (Å²) < 4.78 is 10.2. The first-order valence-electron chi connectivity index (χ1n) is 14.6. The van der Waals surface area contributed by atoms with Gasteiger partial charge in [-0.15, -0.1) is 0 Å². The predicted octanol–water partition coefficient (Wildman–Crippen LogP) is 4.82. The molecule has 3 amide bonds. The first-order chi connectivity index (χ1) is 20.1. The summed E-state index contributed by atoms with van der Waals surface area (Å²) in [5.41, 5.74) is 1.40. The summed E-state index contributed by atoms with van der Waals surface area (Å²) in [5.74, 6) is -1.26. The van der Waals surface area contributed by atoms with E-state index >= 15 is 0 Å². The first-order valence-corrected chi connectivity index (χ1v) is 14.6. The smallest absolute Gasteiger partial charge is 0.408 e. The van der Waals surface area contributed by atoms with E-state index in [1.807, 2.05) is 26.0 Å². The zero-order valence-electron chi connectivity index (χ0n) is 26.6. The molecule has 3 N–H and O–H groups in total. The molecule has 2 aromatic rings. The molecule has 0 bridgehead atoms. The van der Waals surface area contributed by atoms with E-state index in [1.54, 1.807) is 45.0 Å². The molecule has 3 unspecified atom stereocenters. The van der Waals surface area contributed by atoms with Crippen LogP contribution < -0.4 is 10.6 Å². The number of nitrogens with zero attached hydrogens (tertiary/aromatic N) is 1. The summed E-state index contributed by atoms with van der Waals surface area (Å²) in [4.78, 5) is 54.8. The highest BCUT2D eigenvalue weighted by Gasteiger charge is 2.39. The molecular weight excluding hydrogens is 550 g/mol. The second-order valence-electron chi connectivity index (χ2n) is 12.2. The van der Waals surface area contributed by atoms with Crippen LogP contribution in [0.1, 0.15) is 77.1 Å². The van der Waals surface area contributed by atoms with Gasteiger partial charge in [0.25, 0.3) is 0 Å². The van der Waals surface area contributed by atoms with Crippen molar-refractivity contribution < 1.29 is 33.8 Å². The number of methoxy groups -OCH3 is 1. The molecule has 3 atom stereocenters. The Kier molecular flexibility index (Phi) is 13.0. The number of alkyl carbamates (subject to hydrolysis) is 1. The topological polar surface area (TPSA) is 134 Å². The Hall–Kier alpha value is -4.08. The third-order valence-electron chi connectivity index (χ3n) is 6.81. The van der Waals surface area contributed by atoms with Gasteiger partial charge in [-0.05, 0) is 76.6 Å². The number of carbonyl (C=O) groups is 4. The minimum Gasteiger partial charge on any atom is -0.508 e. The monoisotopic (exact) mass is 597 g/mol. The molecule has 2 aromatic carbocycles. The average molecular weight is 598 g/mol. The number of ether oxygens (including phenoxy) is 2. The van der Waals surface area contributed by atoms with Crippen LogP contribution >= 0.6 is 0 Å². The van der Waals surface area contributed by atoms with Gasteiger partial charge in [0.1, 0.15) is 30.0 Å². The number of hydrogen-bond donors (Lipinski definition) is 3. The number of hydrogen-bond acceptors (Lipinski definition) is 7. The minimum absolute atomic E-state index is 0.0670. The van der Waals surface area contributed by atoms with Crippen molar-refractivity contribution in [3.8, 4) is 5.75 Å². The van der Waals surface area contributed by atoms with Gasteiger partial charge in [-0.3, -0.25) is 14.4 Å². The van der Waals surface area contributed by atoms with Gasteiger partial charge in [0, 0.05) is 12.5 Å². The number of esters is 1. The summed E-state index contributed by atoms with van der Waals surface area (Å²) in [6, 6.07) is 11.0. The van der Waals surface area contributed by atoms with Crippen molar-refractivity contribution in [2.75, 3.05) is 13.7 Å². The van der Waals surface area contributed by atoms with Crippen LogP contribution in [0.25, 0.3) is 0 Å². The number of benzene rings is 2. The molecule has 0 aromatic heterocycles. The SMILES string of the molecule is COC(=O)CNC(=O)C(c1ccc(C)cc1)N(C(=O)C(Cc1ccc(O)cc1)NC(=O)OC(C)(C)C)C(C)CCC(C)C. The Bertz CT molecular complexity index is 1220. The van der Waals surface area contributed by atoms with Gasteiger partial charge in [-0.25, -0.2) is 4.79 Å². The molecule has 0 saturated heterocycles. The van der Waals surface area contributed by atoms with Crippen LogP contribution in [-0.4, -0.2) is 65.2 Å². The fourth-order valence-corrected chi connectivity index (χ4v) is 4.53. The molecule has 0 saturated carbocycles. The van der Waals surface area contributed by atoms with Gasteiger partial charge in [-0.1, -0.05) is 55.8 Å². The first kappa shape index (κ1) is 35.1. The number of carbonyl (C=O) groups excluding carboxylic acids is 4. The highest BCUT2D eigenvalue weighted by molar-refractivity contribution is 5.93. The quantitative estimate of drug-likeness (QED) is 0.282. The molecule has 0 radical (unpaired) electrons. The van der Waals surface area contributed by atoms with E-state index in [-0.39, 0.29) is 18.7 Å². The maximum absolute atomic E-state index is 14.6. The zero-order chi connectivity index (χ0) is 32.3. The number of phenolic OH excluding ortho intramolecular Hbond substituents is 1. The van der Waals surface area contributed by atoms with Crippen LogP contribution in [-0.2, 0) is 30.3 Å². The van der Waals surface area contributed by atoms with Gasteiger partial charge in [0.2, 0.25) is 11.8 Å². The minimum atomic E-state index is -1.11. The summed E-state index contributed by atoms with van der Waals surface area (Å²) in [7, 11) is 1.23. The van der Waals surface area contributed by atoms with E-state index in [1.165, 1.54) is 24.1 Å². The summed E-state index contributed by atoms with van der Waals surface area (Å²) in [6.07, 6.45) is 0.684. The molecular formula is C33H47N3O7. The van der Waals surface area contributed by atoms with Crippen molar-refractivity contribution in [2.45, 2.75) is 91.5 Å². The van der Waals surface area contributed by atoms with Crippen molar-refractivity contribution in [3.05, 3.63) is 65.2 Å². The van der Waals surface area contributed by atoms with Crippen LogP contribution in [0.15, 0.2) is 48.5 Å². The van der Waals surface area contributed by atoms with E-state index in [4.69, 9.17) is 9.47 Å². The Labute approximate surface area is 255 Å². The molecule has 0 fully saturated rings. The van der Waals surface area contributed by atoms with E-state index in [9.17, 15) is 24.3 Å². The Morgan fingerprint density at radius 2 is 1.53 bits per heavy atom. The molecule has 0 aliphatic heterocycles. The van der Waals surface area contributed by atoms with Crippen molar-refractivity contribution in [3.63, 3.8) is 0 Å². The average Bonchev–Trinajstić information content (AvgIpc) is 2.93. The van der Waals surface area contributed by atoms with Gasteiger partial charge >= 0.3 is 12.1 Å². The lowest BCUT2D eigenvalue weighted by Gasteiger charge is -2.39. The number of aromatic hydroxyl groups is 1. The van der Waals surface area contributed by atoms with Gasteiger partial charge < -0.3 is 30.1 Å². The standard InChI is InChI=1S/C33H47N3O7/c1-21(2)9-12-23(4)36(29(25-15-10-22(3)11-16-25)30(39)34-20-28(38)42-8)31(40)27(35-32(41)43-33(5,6)7)19-24-13-17-26(37)18-14-24/h10-11,13-18,21,23,27,29,37H,9,12,19-20H2,1-8H3,(H,34,39)(H,35,41). The van der Waals surface area contributed by atoms with Crippen molar-refractivity contribution in [2.24, 2.45) is 5.92 Å². The van der Waals surface area contributed by atoms with Gasteiger partial charge in [0.15, 0.2) is 0 Å². The highest BCUT2D eigenvalue weighted by Crippen LogP contribution is 2.28. The number of aryl methyl sites for hydroxylation is 1. The number of phenols is 1. The van der Waals surface area contributed by atoms with Crippen LogP contribution in [0.4, 0.5) is 4.79 Å². The normalized spacial score (nSPS) is 13.4. The molecule has 0 aliphatic carbocycles. The largest absolute Gasteiger partial charge is 0.508 e. The molecule has 236 valence electrons. The molecule has 43 heavy (non-hydrogen) atoms. The fraction of sp³-hybridized carbons (Fsp3) is 0.515. The number of rotatable bonds is 13. The molecule has 0 heterocycles. The molecule has 10 nitrogen and oxygen atoms in total. The molecule has 0 spiro atoms. The van der Waals surface area contributed by atoms with E-state index < -0.39 is 47.6 Å². The van der Waals surface area contributed by atoms with E-state index in [0.29, 0.717) is 23.5 Å².